The highest BCUT2D eigenvalue weighted by molar-refractivity contribution is 7.99. The van der Waals surface area contributed by atoms with Crippen LogP contribution in [0.15, 0.2) is 222 Å². The van der Waals surface area contributed by atoms with Crippen LogP contribution in [0, 0.1) is 0 Å². The number of rotatable bonds is 4. The third kappa shape index (κ3) is 5.05. The quantitative estimate of drug-likeness (QED) is 0.191. The molecule has 0 fully saturated rings. The number of nitrogens with zero attached hydrogens (tertiary/aromatic N) is 1. The van der Waals surface area contributed by atoms with E-state index in [0.29, 0.717) is 0 Å². The molecule has 0 bridgehead atoms. The van der Waals surface area contributed by atoms with Gasteiger partial charge in [0.05, 0.1) is 17.5 Å². The molecule has 1 N–H and O–H groups in total. The van der Waals surface area contributed by atoms with Crippen LogP contribution in [0.3, 0.4) is 0 Å². The molecule has 3 heteroatoms. The highest BCUT2D eigenvalue weighted by Gasteiger charge is 2.51. The molecule has 3 heterocycles. The third-order valence-corrected chi connectivity index (χ3v) is 14.9. The van der Waals surface area contributed by atoms with Crippen LogP contribution in [0.2, 0.25) is 0 Å². The predicted molar refractivity (Wildman–Crippen MR) is 252 cm³/mol. The van der Waals surface area contributed by atoms with E-state index in [9.17, 15) is 0 Å². The Morgan fingerprint density at radius 3 is 1.97 bits per heavy atom. The van der Waals surface area contributed by atoms with E-state index in [1.165, 1.54) is 105 Å². The summed E-state index contributed by atoms with van der Waals surface area (Å²) in [6.07, 6.45) is 0.988. The van der Waals surface area contributed by atoms with E-state index in [2.05, 4.69) is 223 Å². The lowest BCUT2D eigenvalue weighted by atomic mass is 9.66. The van der Waals surface area contributed by atoms with Gasteiger partial charge in [0.2, 0.25) is 0 Å². The molecule has 0 amide bonds. The van der Waals surface area contributed by atoms with Crippen LogP contribution < -0.4 is 10.2 Å². The van der Waals surface area contributed by atoms with Crippen molar-refractivity contribution in [2.75, 3.05) is 10.2 Å². The van der Waals surface area contributed by atoms with Crippen LogP contribution in [-0.4, -0.2) is 0 Å². The Balaban J connectivity index is 0.924. The average Bonchev–Trinajstić information content (AvgIpc) is 3.86. The summed E-state index contributed by atoms with van der Waals surface area (Å²) in [5.74, 6) is 0. The Morgan fingerprint density at radius 2 is 1.16 bits per heavy atom. The molecule has 1 unspecified atom stereocenters. The van der Waals surface area contributed by atoms with Gasteiger partial charge < -0.3 is 10.2 Å². The van der Waals surface area contributed by atoms with Crippen molar-refractivity contribution < 1.29 is 0 Å². The molecule has 3 aliphatic heterocycles. The second-order valence-electron chi connectivity index (χ2n) is 16.8. The van der Waals surface area contributed by atoms with Gasteiger partial charge in [0.25, 0.3) is 0 Å². The summed E-state index contributed by atoms with van der Waals surface area (Å²) in [5.41, 5.74) is 21.8. The fourth-order valence-corrected chi connectivity index (χ4v) is 12.5. The number of benzene rings is 9. The van der Waals surface area contributed by atoms with E-state index in [-0.39, 0.29) is 12.1 Å². The van der Waals surface area contributed by atoms with E-state index in [0.717, 1.165) is 6.42 Å². The smallest absolute Gasteiger partial charge is 0.0774 e. The zero-order valence-corrected chi connectivity index (χ0v) is 34.2. The Morgan fingerprint density at radius 1 is 0.492 bits per heavy atom. The Kier molecular flexibility index (Phi) is 7.68. The van der Waals surface area contributed by atoms with Crippen LogP contribution in [0.4, 0.5) is 17.1 Å². The molecule has 2 nitrogen and oxygen atoms in total. The van der Waals surface area contributed by atoms with E-state index < -0.39 is 5.41 Å². The summed E-state index contributed by atoms with van der Waals surface area (Å²) in [5, 5.41) is 4.03. The van der Waals surface area contributed by atoms with Crippen LogP contribution in [0.5, 0.6) is 0 Å². The van der Waals surface area contributed by atoms with E-state index in [1.54, 1.807) is 0 Å². The molecule has 288 valence electrons. The molecule has 13 rings (SSSR count). The molecule has 9 aromatic carbocycles. The zero-order valence-electron chi connectivity index (χ0n) is 33.4. The monoisotopic (exact) mass is 796 g/mol. The van der Waals surface area contributed by atoms with Crippen molar-refractivity contribution in [1.82, 2.24) is 0 Å². The maximum Gasteiger partial charge on any atom is 0.0774 e. The van der Waals surface area contributed by atoms with Gasteiger partial charge in [-0.1, -0.05) is 188 Å². The molecule has 0 saturated heterocycles. The Labute approximate surface area is 361 Å². The summed E-state index contributed by atoms with van der Waals surface area (Å²) in [6, 6.07) is 79.5. The topological polar surface area (TPSA) is 15.3 Å². The van der Waals surface area contributed by atoms with Gasteiger partial charge in [-0.15, -0.1) is 0 Å². The normalized spacial score (nSPS) is 17.0. The van der Waals surface area contributed by atoms with Gasteiger partial charge in [-0.25, -0.2) is 0 Å². The first-order chi connectivity index (χ1) is 30.3. The summed E-state index contributed by atoms with van der Waals surface area (Å²) < 4.78 is 0. The van der Waals surface area contributed by atoms with Gasteiger partial charge in [-0.2, -0.15) is 0 Å². The Hall–Kier alpha value is -7.07. The Bertz CT molecular complexity index is 3160. The first kappa shape index (κ1) is 34.8. The molecule has 9 aromatic rings. The van der Waals surface area contributed by atoms with Crippen molar-refractivity contribution in [2.24, 2.45) is 0 Å². The van der Waals surface area contributed by atoms with Crippen molar-refractivity contribution >= 4 is 28.8 Å². The van der Waals surface area contributed by atoms with Crippen molar-refractivity contribution in [3.05, 3.63) is 257 Å². The summed E-state index contributed by atoms with van der Waals surface area (Å²) in [7, 11) is 0. The van der Waals surface area contributed by atoms with Gasteiger partial charge in [0.1, 0.15) is 0 Å². The minimum atomic E-state index is -0.416. The highest BCUT2D eigenvalue weighted by atomic mass is 32.2. The molecule has 4 aliphatic rings. The number of para-hydroxylation sites is 3. The van der Waals surface area contributed by atoms with E-state index in [1.807, 2.05) is 11.8 Å². The van der Waals surface area contributed by atoms with Crippen LogP contribution in [0.1, 0.15) is 56.6 Å². The summed E-state index contributed by atoms with van der Waals surface area (Å²) in [4.78, 5) is 5.18. The maximum absolute atomic E-state index is 4.03. The fraction of sp³-hybridized carbons (Fsp3) is 0.0690. The van der Waals surface area contributed by atoms with Gasteiger partial charge in [-0.05, 0) is 110 Å². The minimum Gasteiger partial charge on any atom is -0.374 e. The molecule has 61 heavy (non-hydrogen) atoms. The minimum absolute atomic E-state index is 0.0253. The van der Waals surface area contributed by atoms with E-state index >= 15 is 0 Å². The lowest BCUT2D eigenvalue weighted by Crippen LogP contribution is -2.33. The molecular weight excluding hydrogens is 757 g/mol. The molecular formula is C58H40N2S. The first-order valence-electron chi connectivity index (χ1n) is 21.4. The largest absolute Gasteiger partial charge is 0.374 e. The number of fused-ring (bicyclic) bond motifs is 14. The van der Waals surface area contributed by atoms with E-state index in [4.69, 9.17) is 0 Å². The summed E-state index contributed by atoms with van der Waals surface area (Å²) in [6.45, 7) is 0. The molecule has 0 saturated carbocycles. The van der Waals surface area contributed by atoms with Crippen LogP contribution in [-0.2, 0) is 11.8 Å². The second kappa shape index (κ2) is 13.5. The van der Waals surface area contributed by atoms with Gasteiger partial charge >= 0.3 is 0 Å². The maximum atomic E-state index is 4.03. The van der Waals surface area contributed by atoms with Gasteiger partial charge in [-0.3, -0.25) is 0 Å². The molecule has 1 spiro atoms. The highest BCUT2D eigenvalue weighted by Crippen LogP contribution is 2.64. The van der Waals surface area contributed by atoms with Crippen molar-refractivity contribution in [3.8, 4) is 33.4 Å². The third-order valence-electron chi connectivity index (χ3n) is 13.7. The fourth-order valence-electron chi connectivity index (χ4n) is 11.1. The predicted octanol–water partition coefficient (Wildman–Crippen LogP) is 14.8. The SMILES string of the molecule is c1ccc(N2c3ccccc3C[C@@H]2c2ccc(-c3cccc(C4Nc5ccccc5-c5c4ccc4c5Sc5ccccc5C45c4ccccc4-c4ccccc45)c3)cc2)cc1. The number of nitrogens with one attached hydrogen (secondary N) is 1. The number of anilines is 3. The average molecular weight is 797 g/mol. The number of hydrogen-bond acceptors (Lipinski definition) is 3. The van der Waals surface area contributed by atoms with Gasteiger partial charge in [0, 0.05) is 38.0 Å². The van der Waals surface area contributed by atoms with Crippen molar-refractivity contribution in [1.29, 1.82) is 0 Å². The lowest BCUT2D eigenvalue weighted by molar-refractivity contribution is 0.720. The zero-order chi connectivity index (χ0) is 40.1. The molecule has 0 radical (unpaired) electrons. The van der Waals surface area contributed by atoms with Crippen LogP contribution in [0.25, 0.3) is 33.4 Å². The molecule has 1 aliphatic carbocycles. The number of hydrogen-bond donors (Lipinski definition) is 1. The first-order valence-corrected chi connectivity index (χ1v) is 22.2. The van der Waals surface area contributed by atoms with Crippen molar-refractivity contribution in [3.63, 3.8) is 0 Å². The van der Waals surface area contributed by atoms with Gasteiger partial charge in [0.15, 0.2) is 0 Å². The molecule has 2 atom stereocenters. The second-order valence-corrected chi connectivity index (χ2v) is 17.8. The van der Waals surface area contributed by atoms with Crippen LogP contribution >= 0.6 is 11.8 Å². The summed E-state index contributed by atoms with van der Waals surface area (Å²) >= 11 is 1.94. The van der Waals surface area contributed by atoms with Crippen molar-refractivity contribution in [2.45, 2.75) is 33.7 Å². The molecule has 0 aromatic heterocycles. The standard InChI is InChI=1S/C58H40N2S/c1-2-18-42(19-3-1)60-52-27-12-4-15-40(52)36-53(60)38-31-29-37(30-32-38)39-16-14-17-41(35-39)56-46-33-34-50-57(55(46)45-22-7-11-26-51(45)59-56)61-54-28-13-10-25-49(54)58(50)47-23-8-5-20-43(47)44-21-6-9-24-48(44)58/h1-35,53,56,59H,36H2/t53-,56?/m1/s1. The lowest BCUT2D eigenvalue weighted by Gasteiger charge is -2.42.